The molecule has 0 saturated heterocycles. The Hall–Kier alpha value is -1.26. The van der Waals surface area contributed by atoms with Crippen LogP contribution >= 0.6 is 0 Å². The van der Waals surface area contributed by atoms with Gasteiger partial charge in [-0.3, -0.25) is 0 Å². The van der Waals surface area contributed by atoms with Crippen molar-refractivity contribution in [1.29, 1.82) is 0 Å². The van der Waals surface area contributed by atoms with Crippen LogP contribution in [-0.4, -0.2) is 28.7 Å². The lowest BCUT2D eigenvalue weighted by Gasteiger charge is -2.28. The van der Waals surface area contributed by atoms with Crippen LogP contribution in [-0.2, 0) is 4.79 Å². The molecule has 5 nitrogen and oxygen atoms in total. The average Bonchev–Trinajstić information content (AvgIpc) is 3.16. The Morgan fingerprint density at radius 3 is 2.05 bits per heavy atom. The van der Waals surface area contributed by atoms with Crippen LogP contribution in [0.5, 0.6) is 0 Å². The van der Waals surface area contributed by atoms with Gasteiger partial charge in [0.1, 0.15) is 5.54 Å². The second-order valence-corrected chi connectivity index (χ2v) is 6.42. The van der Waals surface area contributed by atoms with Crippen molar-refractivity contribution < 1.29 is 14.7 Å². The molecule has 2 amide bonds. The van der Waals surface area contributed by atoms with Crippen LogP contribution in [0.4, 0.5) is 4.79 Å². The van der Waals surface area contributed by atoms with E-state index in [0.717, 1.165) is 38.5 Å². The Morgan fingerprint density at radius 1 is 1.00 bits per heavy atom. The third-order valence-corrected chi connectivity index (χ3v) is 4.65. The van der Waals surface area contributed by atoms with Crippen molar-refractivity contribution in [3.05, 3.63) is 0 Å². The van der Waals surface area contributed by atoms with Crippen molar-refractivity contribution in [2.45, 2.75) is 76.3 Å². The van der Waals surface area contributed by atoms with Crippen molar-refractivity contribution in [2.75, 3.05) is 0 Å². The first kappa shape index (κ1) is 15.1. The van der Waals surface area contributed by atoms with Crippen LogP contribution in [0, 0.1) is 5.92 Å². The number of rotatable bonds is 4. The smallest absolute Gasteiger partial charge is 0.329 e. The SMILES string of the molecule is CC(NC(=O)NC1CCCCCCC1)(C(=O)O)C1CC1. The monoisotopic (exact) mass is 282 g/mol. The number of aliphatic carboxylic acids is 1. The minimum Gasteiger partial charge on any atom is -0.480 e. The molecule has 0 heterocycles. The summed E-state index contributed by atoms with van der Waals surface area (Å²) < 4.78 is 0. The van der Waals surface area contributed by atoms with Gasteiger partial charge in [0.05, 0.1) is 0 Å². The molecule has 0 aromatic carbocycles. The standard InChI is InChI=1S/C15H26N2O3/c1-15(13(18)19,11-9-10-11)17-14(20)16-12-7-5-3-2-4-6-8-12/h11-12H,2-10H2,1H3,(H,18,19)(H2,16,17,20). The highest BCUT2D eigenvalue weighted by Gasteiger charge is 2.48. The molecule has 2 rings (SSSR count). The molecule has 2 aliphatic rings. The van der Waals surface area contributed by atoms with Gasteiger partial charge < -0.3 is 15.7 Å². The molecule has 2 saturated carbocycles. The number of carbonyl (C=O) groups is 2. The van der Waals surface area contributed by atoms with Crippen LogP contribution in [0.2, 0.25) is 0 Å². The van der Waals surface area contributed by atoms with Gasteiger partial charge in [-0.05, 0) is 38.5 Å². The number of urea groups is 1. The number of hydrogen-bond acceptors (Lipinski definition) is 2. The fourth-order valence-corrected chi connectivity index (χ4v) is 3.05. The van der Waals surface area contributed by atoms with Crippen LogP contribution in [0.1, 0.15) is 64.7 Å². The molecule has 0 aliphatic heterocycles. The highest BCUT2D eigenvalue weighted by Crippen LogP contribution is 2.39. The van der Waals surface area contributed by atoms with Crippen LogP contribution in [0.3, 0.4) is 0 Å². The van der Waals surface area contributed by atoms with Gasteiger partial charge in [0.2, 0.25) is 0 Å². The average molecular weight is 282 g/mol. The lowest BCUT2D eigenvalue weighted by atomic mass is 9.95. The van der Waals surface area contributed by atoms with E-state index in [1.54, 1.807) is 6.92 Å². The largest absolute Gasteiger partial charge is 0.480 e. The quantitative estimate of drug-likeness (QED) is 0.741. The topological polar surface area (TPSA) is 78.4 Å². The molecule has 0 aromatic heterocycles. The Balaban J connectivity index is 1.85. The molecule has 20 heavy (non-hydrogen) atoms. The van der Waals surface area contributed by atoms with Gasteiger partial charge in [0.25, 0.3) is 0 Å². The zero-order valence-electron chi connectivity index (χ0n) is 12.3. The third kappa shape index (κ3) is 3.87. The highest BCUT2D eigenvalue weighted by molar-refractivity contribution is 5.86. The second kappa shape index (κ2) is 6.46. The molecule has 2 aliphatic carbocycles. The van der Waals surface area contributed by atoms with Gasteiger partial charge in [-0.2, -0.15) is 0 Å². The molecule has 5 heteroatoms. The maximum atomic E-state index is 12.1. The number of amides is 2. The molecular weight excluding hydrogens is 256 g/mol. The Morgan fingerprint density at radius 2 is 1.55 bits per heavy atom. The molecule has 0 aromatic rings. The Labute approximate surface area is 120 Å². The maximum Gasteiger partial charge on any atom is 0.329 e. The van der Waals surface area contributed by atoms with Gasteiger partial charge in [0, 0.05) is 6.04 Å². The van der Waals surface area contributed by atoms with E-state index in [1.807, 2.05) is 0 Å². The molecule has 0 radical (unpaired) electrons. The fraction of sp³-hybridized carbons (Fsp3) is 0.867. The number of nitrogens with one attached hydrogen (secondary N) is 2. The van der Waals surface area contributed by atoms with Gasteiger partial charge >= 0.3 is 12.0 Å². The Kier molecular flexibility index (Phi) is 4.89. The minimum atomic E-state index is -1.12. The molecule has 3 N–H and O–H groups in total. The first-order valence-corrected chi connectivity index (χ1v) is 7.84. The first-order chi connectivity index (χ1) is 9.52. The lowest BCUT2D eigenvalue weighted by molar-refractivity contribution is -0.144. The van der Waals surface area contributed by atoms with E-state index in [2.05, 4.69) is 10.6 Å². The zero-order valence-corrected chi connectivity index (χ0v) is 12.3. The lowest BCUT2D eigenvalue weighted by Crippen LogP contribution is -2.58. The molecule has 0 spiro atoms. The summed E-state index contributed by atoms with van der Waals surface area (Å²) >= 11 is 0. The van der Waals surface area contributed by atoms with E-state index in [0.29, 0.717) is 0 Å². The molecule has 2 fully saturated rings. The van der Waals surface area contributed by atoms with Crippen molar-refractivity contribution in [1.82, 2.24) is 10.6 Å². The van der Waals surface area contributed by atoms with Crippen molar-refractivity contribution >= 4 is 12.0 Å². The van der Waals surface area contributed by atoms with Crippen LogP contribution < -0.4 is 10.6 Å². The Bertz CT molecular complexity index is 360. The predicted octanol–water partition coefficient (Wildman–Crippen LogP) is 2.65. The zero-order chi connectivity index (χ0) is 14.6. The van der Waals surface area contributed by atoms with E-state index >= 15 is 0 Å². The normalized spacial score (nSPS) is 24.1. The summed E-state index contributed by atoms with van der Waals surface area (Å²) in [6, 6.07) is -0.139. The van der Waals surface area contributed by atoms with Crippen molar-refractivity contribution in [3.8, 4) is 0 Å². The maximum absolute atomic E-state index is 12.1. The summed E-state index contributed by atoms with van der Waals surface area (Å²) in [7, 11) is 0. The predicted molar refractivity (Wildman–Crippen MR) is 76.5 cm³/mol. The van der Waals surface area contributed by atoms with Crippen molar-refractivity contribution in [3.63, 3.8) is 0 Å². The summed E-state index contributed by atoms with van der Waals surface area (Å²) in [5.41, 5.74) is -1.12. The number of carboxylic acid groups (broad SMARTS) is 1. The van der Waals surface area contributed by atoms with E-state index in [1.165, 1.54) is 19.3 Å². The van der Waals surface area contributed by atoms with E-state index < -0.39 is 11.5 Å². The highest BCUT2D eigenvalue weighted by atomic mass is 16.4. The van der Waals surface area contributed by atoms with Gasteiger partial charge in [-0.1, -0.05) is 32.1 Å². The van der Waals surface area contributed by atoms with E-state index in [9.17, 15) is 14.7 Å². The van der Waals surface area contributed by atoms with Crippen molar-refractivity contribution in [2.24, 2.45) is 5.92 Å². The van der Waals surface area contributed by atoms with E-state index in [4.69, 9.17) is 0 Å². The minimum absolute atomic E-state index is 0.0723. The molecule has 114 valence electrons. The molecule has 1 unspecified atom stereocenters. The molecule has 0 bridgehead atoms. The van der Waals surface area contributed by atoms with Crippen LogP contribution in [0.25, 0.3) is 0 Å². The first-order valence-electron chi connectivity index (χ1n) is 7.84. The van der Waals surface area contributed by atoms with Crippen LogP contribution in [0.15, 0.2) is 0 Å². The summed E-state index contributed by atoms with van der Waals surface area (Å²) in [5, 5.41) is 15.0. The number of carboxylic acids is 1. The third-order valence-electron chi connectivity index (χ3n) is 4.65. The second-order valence-electron chi connectivity index (χ2n) is 6.42. The summed E-state index contributed by atoms with van der Waals surface area (Å²) in [4.78, 5) is 23.5. The fourth-order valence-electron chi connectivity index (χ4n) is 3.05. The van der Waals surface area contributed by atoms with Gasteiger partial charge in [-0.25, -0.2) is 9.59 Å². The summed E-state index contributed by atoms with van der Waals surface area (Å²) in [6.45, 7) is 1.62. The van der Waals surface area contributed by atoms with Gasteiger partial charge in [-0.15, -0.1) is 0 Å². The number of carbonyl (C=O) groups excluding carboxylic acids is 1. The number of hydrogen-bond donors (Lipinski definition) is 3. The van der Waals surface area contributed by atoms with E-state index in [-0.39, 0.29) is 18.0 Å². The summed E-state index contributed by atoms with van der Waals surface area (Å²) in [5.74, 6) is -0.865. The molecule has 1 atom stereocenters. The summed E-state index contributed by atoms with van der Waals surface area (Å²) in [6.07, 6.45) is 9.80. The molecular formula is C15H26N2O3. The van der Waals surface area contributed by atoms with Gasteiger partial charge in [0.15, 0.2) is 0 Å².